The Morgan fingerprint density at radius 1 is 1.07 bits per heavy atom. The van der Waals surface area contributed by atoms with Gasteiger partial charge in [-0.3, -0.25) is 14.4 Å². The molecule has 0 saturated heterocycles. The summed E-state index contributed by atoms with van der Waals surface area (Å²) in [5.41, 5.74) is 3.93. The predicted molar refractivity (Wildman–Crippen MR) is 105 cm³/mol. The molecule has 7 heteroatoms. The van der Waals surface area contributed by atoms with Crippen molar-refractivity contribution in [3.8, 4) is 0 Å². The number of hydrogen-bond acceptors (Lipinski definition) is 5. The van der Waals surface area contributed by atoms with Crippen molar-refractivity contribution in [1.82, 2.24) is 10.2 Å². The lowest BCUT2D eigenvalue weighted by atomic mass is 10.1. The van der Waals surface area contributed by atoms with E-state index in [9.17, 15) is 14.4 Å². The first-order valence-corrected chi connectivity index (χ1v) is 9.00. The Labute approximate surface area is 163 Å². The predicted octanol–water partition coefficient (Wildman–Crippen LogP) is 0.955. The summed E-state index contributed by atoms with van der Waals surface area (Å²) in [5.74, 6) is -1.84. The van der Waals surface area contributed by atoms with Crippen molar-refractivity contribution in [3.05, 3.63) is 65.2 Å². The maximum atomic E-state index is 12.7. The van der Waals surface area contributed by atoms with Crippen molar-refractivity contribution >= 4 is 23.3 Å². The number of aliphatic hydroxyl groups excluding tert-OH is 1. The zero-order chi connectivity index (χ0) is 20.3. The average Bonchev–Trinajstić information content (AvgIpc) is 3.17. The van der Waals surface area contributed by atoms with Crippen LogP contribution in [0, 0.1) is 0 Å². The highest BCUT2D eigenvalue weighted by molar-refractivity contribution is 6.10. The maximum absolute atomic E-state index is 12.7. The van der Waals surface area contributed by atoms with E-state index in [-0.39, 0.29) is 0 Å². The van der Waals surface area contributed by atoms with Crippen LogP contribution in [-0.2, 0) is 22.7 Å². The molecule has 146 valence electrons. The summed E-state index contributed by atoms with van der Waals surface area (Å²) in [5, 5.41) is 11.5. The number of carbonyl (C=O) groups excluding carboxylic acids is 3. The summed E-state index contributed by atoms with van der Waals surface area (Å²) >= 11 is 0. The molecule has 1 heterocycles. The van der Waals surface area contributed by atoms with Crippen LogP contribution in [0.3, 0.4) is 0 Å². The van der Waals surface area contributed by atoms with Gasteiger partial charge in [-0.15, -0.1) is 0 Å². The van der Waals surface area contributed by atoms with E-state index < -0.39 is 30.2 Å². The summed E-state index contributed by atoms with van der Waals surface area (Å²) in [6.45, 7) is 0.810. The van der Waals surface area contributed by atoms with Crippen LogP contribution in [0.4, 0.5) is 5.69 Å². The lowest BCUT2D eigenvalue weighted by Gasteiger charge is -2.25. The molecule has 0 saturated carbocycles. The number of hydrogen-bond donors (Lipinski definition) is 2. The van der Waals surface area contributed by atoms with Gasteiger partial charge in [-0.1, -0.05) is 24.3 Å². The third kappa shape index (κ3) is 3.75. The van der Waals surface area contributed by atoms with Gasteiger partial charge in [0.05, 0.1) is 0 Å². The fourth-order valence-electron chi connectivity index (χ4n) is 3.41. The lowest BCUT2D eigenvalue weighted by Crippen LogP contribution is -2.52. The maximum Gasteiger partial charge on any atom is 0.254 e. The highest BCUT2D eigenvalue weighted by atomic mass is 16.3. The number of nitrogens with one attached hydrogen (secondary N) is 1. The standard InChI is InChI=1S/C21H23N3O4/c1-22-20(27)19(18(26)13-25)23(2)21(28)14-7-9-17(10-8-14)24-11-15-5-3-4-6-16(15)12-24/h3-10,19,25H,11-13H2,1-2H3,(H,22,27). The van der Waals surface area contributed by atoms with Crippen molar-refractivity contribution in [1.29, 1.82) is 0 Å². The van der Waals surface area contributed by atoms with E-state index >= 15 is 0 Å². The number of amides is 2. The third-order valence-corrected chi connectivity index (χ3v) is 4.98. The molecule has 2 aromatic rings. The number of carbonyl (C=O) groups is 3. The Hall–Kier alpha value is -3.19. The van der Waals surface area contributed by atoms with E-state index in [1.807, 2.05) is 24.3 Å². The smallest absolute Gasteiger partial charge is 0.254 e. The van der Waals surface area contributed by atoms with E-state index in [0.717, 1.165) is 23.7 Å². The topological polar surface area (TPSA) is 90.0 Å². The second-order valence-electron chi connectivity index (χ2n) is 6.73. The van der Waals surface area contributed by atoms with Crippen LogP contribution in [0.15, 0.2) is 48.5 Å². The highest BCUT2D eigenvalue weighted by Crippen LogP contribution is 2.28. The molecular weight excluding hydrogens is 358 g/mol. The number of rotatable bonds is 6. The van der Waals surface area contributed by atoms with Crippen molar-refractivity contribution in [2.75, 3.05) is 25.6 Å². The van der Waals surface area contributed by atoms with Gasteiger partial charge >= 0.3 is 0 Å². The molecule has 2 amide bonds. The Morgan fingerprint density at radius 3 is 2.14 bits per heavy atom. The number of Topliss-reactive ketones (excluding diaryl/α,β-unsaturated/α-hetero) is 1. The molecule has 1 aliphatic rings. The van der Waals surface area contributed by atoms with Crippen molar-refractivity contribution < 1.29 is 19.5 Å². The molecule has 0 radical (unpaired) electrons. The molecule has 0 spiro atoms. The highest BCUT2D eigenvalue weighted by Gasteiger charge is 2.32. The molecule has 1 unspecified atom stereocenters. The zero-order valence-electron chi connectivity index (χ0n) is 15.9. The van der Waals surface area contributed by atoms with Crippen LogP contribution < -0.4 is 10.2 Å². The molecule has 1 aliphatic heterocycles. The molecule has 0 aliphatic carbocycles. The second-order valence-corrected chi connectivity index (χ2v) is 6.73. The summed E-state index contributed by atoms with van der Waals surface area (Å²) < 4.78 is 0. The summed E-state index contributed by atoms with van der Waals surface area (Å²) in [6.07, 6.45) is 0. The summed E-state index contributed by atoms with van der Waals surface area (Å²) in [7, 11) is 2.75. The fourth-order valence-corrected chi connectivity index (χ4v) is 3.41. The number of anilines is 1. The van der Waals surface area contributed by atoms with Gasteiger partial charge in [-0.2, -0.15) is 0 Å². The van der Waals surface area contributed by atoms with Gasteiger partial charge in [0.25, 0.3) is 5.91 Å². The number of fused-ring (bicyclic) bond motifs is 1. The normalized spacial score (nSPS) is 13.6. The largest absolute Gasteiger partial charge is 0.388 e. The van der Waals surface area contributed by atoms with Gasteiger partial charge in [0, 0.05) is 38.4 Å². The van der Waals surface area contributed by atoms with Crippen molar-refractivity contribution in [2.24, 2.45) is 0 Å². The third-order valence-electron chi connectivity index (χ3n) is 4.98. The summed E-state index contributed by atoms with van der Waals surface area (Å²) in [4.78, 5) is 39.9. The lowest BCUT2D eigenvalue weighted by molar-refractivity contribution is -0.135. The summed E-state index contributed by atoms with van der Waals surface area (Å²) in [6, 6.07) is 14.0. The van der Waals surface area contributed by atoms with Crippen LogP contribution in [0.2, 0.25) is 0 Å². The minimum Gasteiger partial charge on any atom is -0.388 e. The SMILES string of the molecule is CNC(=O)C(C(=O)CO)N(C)C(=O)c1ccc(N2Cc3ccccc3C2)cc1. The van der Waals surface area contributed by atoms with E-state index in [1.165, 1.54) is 25.2 Å². The Kier molecular flexibility index (Phi) is 5.75. The molecule has 28 heavy (non-hydrogen) atoms. The molecule has 3 rings (SSSR count). The molecule has 0 fully saturated rings. The van der Waals surface area contributed by atoms with Crippen LogP contribution in [0.25, 0.3) is 0 Å². The number of ketones is 1. The fraction of sp³-hybridized carbons (Fsp3) is 0.286. The second kappa shape index (κ2) is 8.22. The van der Waals surface area contributed by atoms with Crippen LogP contribution in [0.1, 0.15) is 21.5 Å². The molecule has 0 aromatic heterocycles. The van der Waals surface area contributed by atoms with Crippen LogP contribution in [0.5, 0.6) is 0 Å². The van der Waals surface area contributed by atoms with Crippen LogP contribution >= 0.6 is 0 Å². The average molecular weight is 381 g/mol. The first-order chi connectivity index (χ1) is 13.5. The number of nitrogens with zero attached hydrogens (tertiary/aromatic N) is 2. The van der Waals surface area contributed by atoms with Gasteiger partial charge in [0.15, 0.2) is 11.8 Å². The first-order valence-electron chi connectivity index (χ1n) is 9.00. The molecule has 2 aromatic carbocycles. The van der Waals surface area contributed by atoms with E-state index in [1.54, 1.807) is 12.1 Å². The molecule has 1 atom stereocenters. The van der Waals surface area contributed by atoms with Crippen molar-refractivity contribution in [2.45, 2.75) is 19.1 Å². The number of likely N-dealkylation sites (N-methyl/N-ethyl adjacent to an activating group) is 2. The number of aliphatic hydroxyl groups is 1. The minimum absolute atomic E-state index is 0.364. The van der Waals surface area contributed by atoms with E-state index in [2.05, 4.69) is 22.3 Å². The Balaban J connectivity index is 1.75. The minimum atomic E-state index is -1.37. The van der Waals surface area contributed by atoms with Gasteiger partial charge in [-0.25, -0.2) is 0 Å². The Bertz CT molecular complexity index is 854. The first kappa shape index (κ1) is 19.6. The molecule has 2 N–H and O–H groups in total. The van der Waals surface area contributed by atoms with Crippen molar-refractivity contribution in [3.63, 3.8) is 0 Å². The van der Waals surface area contributed by atoms with Gasteiger partial charge in [0.1, 0.15) is 6.61 Å². The van der Waals surface area contributed by atoms with E-state index in [0.29, 0.717) is 5.56 Å². The van der Waals surface area contributed by atoms with Gasteiger partial charge < -0.3 is 20.2 Å². The quantitative estimate of drug-likeness (QED) is 0.728. The monoisotopic (exact) mass is 381 g/mol. The molecule has 0 bridgehead atoms. The van der Waals surface area contributed by atoms with E-state index in [4.69, 9.17) is 5.11 Å². The van der Waals surface area contributed by atoms with Gasteiger partial charge in [0.2, 0.25) is 5.91 Å². The Morgan fingerprint density at radius 2 is 1.64 bits per heavy atom. The van der Waals surface area contributed by atoms with Crippen LogP contribution in [-0.4, -0.2) is 54.3 Å². The molecular formula is C21H23N3O4. The van der Waals surface area contributed by atoms with Gasteiger partial charge in [-0.05, 0) is 35.4 Å². The number of benzene rings is 2. The zero-order valence-corrected chi connectivity index (χ0v) is 15.9. The molecule has 7 nitrogen and oxygen atoms in total.